The summed E-state index contributed by atoms with van der Waals surface area (Å²) in [7, 11) is 0. The topological polar surface area (TPSA) is 63.3 Å². The van der Waals surface area contributed by atoms with Gasteiger partial charge in [0.1, 0.15) is 5.75 Å². The van der Waals surface area contributed by atoms with E-state index in [1.54, 1.807) is 12.1 Å². The van der Waals surface area contributed by atoms with E-state index in [4.69, 9.17) is 5.73 Å². The van der Waals surface area contributed by atoms with Crippen molar-refractivity contribution in [2.75, 3.05) is 0 Å². The number of aryl methyl sites for hydroxylation is 2. The molecule has 0 aromatic heterocycles. The van der Waals surface area contributed by atoms with E-state index in [1.165, 1.54) is 12.0 Å². The molecule has 0 radical (unpaired) electrons. The molecule has 0 heterocycles. The van der Waals surface area contributed by atoms with E-state index in [0.717, 1.165) is 31.2 Å². The van der Waals surface area contributed by atoms with Gasteiger partial charge in [-0.25, -0.2) is 0 Å². The molecule has 0 saturated heterocycles. The van der Waals surface area contributed by atoms with Gasteiger partial charge in [-0.05, 0) is 48.9 Å². The fourth-order valence-corrected chi connectivity index (χ4v) is 2.15. The van der Waals surface area contributed by atoms with Crippen LogP contribution >= 0.6 is 0 Å². The van der Waals surface area contributed by atoms with E-state index >= 15 is 0 Å². The molecule has 2 rings (SSSR count). The molecular formula is C12H15NO2. The highest BCUT2D eigenvalue weighted by Crippen LogP contribution is 2.27. The standard InChI is InChI=1S/C12H15NO2/c13-12(15)10-6-8-4-2-1-3-5-9(8)7-11(10)14/h6-7,14H,1-5H2,(H2,13,15). The summed E-state index contributed by atoms with van der Waals surface area (Å²) in [5.74, 6) is -0.539. The van der Waals surface area contributed by atoms with Crippen LogP contribution in [0.3, 0.4) is 0 Å². The van der Waals surface area contributed by atoms with Gasteiger partial charge in [0, 0.05) is 0 Å². The minimum Gasteiger partial charge on any atom is -0.507 e. The summed E-state index contributed by atoms with van der Waals surface area (Å²) < 4.78 is 0. The first kappa shape index (κ1) is 10.0. The first-order chi connectivity index (χ1) is 7.18. The molecule has 1 aliphatic carbocycles. The quantitative estimate of drug-likeness (QED) is 0.686. The minimum absolute atomic E-state index is 0.0168. The minimum atomic E-state index is -0.556. The molecule has 1 aromatic carbocycles. The first-order valence-corrected chi connectivity index (χ1v) is 5.33. The Hall–Kier alpha value is -1.51. The van der Waals surface area contributed by atoms with E-state index in [2.05, 4.69) is 0 Å². The molecule has 0 spiro atoms. The maximum Gasteiger partial charge on any atom is 0.252 e. The molecule has 0 atom stereocenters. The third-order valence-corrected chi connectivity index (χ3v) is 2.98. The lowest BCUT2D eigenvalue weighted by molar-refractivity contribution is 0.0997. The lowest BCUT2D eigenvalue weighted by Crippen LogP contribution is -2.12. The van der Waals surface area contributed by atoms with Crippen molar-refractivity contribution in [3.8, 4) is 5.75 Å². The number of fused-ring (bicyclic) bond motifs is 1. The summed E-state index contributed by atoms with van der Waals surface area (Å²) in [4.78, 5) is 11.1. The van der Waals surface area contributed by atoms with Gasteiger partial charge >= 0.3 is 0 Å². The summed E-state index contributed by atoms with van der Waals surface area (Å²) in [5, 5.41) is 9.63. The van der Waals surface area contributed by atoms with Crippen molar-refractivity contribution in [2.24, 2.45) is 5.73 Å². The second-order valence-electron chi connectivity index (χ2n) is 4.06. The van der Waals surface area contributed by atoms with E-state index in [1.807, 2.05) is 0 Å². The lowest BCUT2D eigenvalue weighted by atomic mass is 9.99. The Balaban J connectivity index is 2.47. The Bertz CT molecular complexity index is 399. The zero-order valence-corrected chi connectivity index (χ0v) is 8.62. The molecule has 1 aromatic rings. The largest absolute Gasteiger partial charge is 0.507 e. The van der Waals surface area contributed by atoms with Crippen molar-refractivity contribution in [3.05, 3.63) is 28.8 Å². The monoisotopic (exact) mass is 205 g/mol. The second-order valence-corrected chi connectivity index (χ2v) is 4.06. The van der Waals surface area contributed by atoms with Gasteiger partial charge in [0.05, 0.1) is 5.56 Å². The number of phenols is 1. The van der Waals surface area contributed by atoms with Crippen LogP contribution in [0.5, 0.6) is 5.75 Å². The van der Waals surface area contributed by atoms with Crippen LogP contribution < -0.4 is 5.73 Å². The van der Waals surface area contributed by atoms with Gasteiger partial charge in [0.2, 0.25) is 0 Å². The van der Waals surface area contributed by atoms with Crippen molar-refractivity contribution in [1.29, 1.82) is 0 Å². The molecule has 0 bridgehead atoms. The summed E-state index contributed by atoms with van der Waals surface area (Å²) in [6.07, 6.45) is 5.48. The van der Waals surface area contributed by atoms with Crippen molar-refractivity contribution >= 4 is 5.91 Å². The van der Waals surface area contributed by atoms with Crippen molar-refractivity contribution in [3.63, 3.8) is 0 Å². The molecule has 0 unspecified atom stereocenters. The SMILES string of the molecule is NC(=O)c1cc2c(cc1O)CCCCC2. The summed E-state index contributed by atoms with van der Waals surface area (Å²) in [6.45, 7) is 0. The molecule has 1 aliphatic rings. The van der Waals surface area contributed by atoms with E-state index in [0.29, 0.717) is 0 Å². The maximum absolute atomic E-state index is 11.1. The first-order valence-electron chi connectivity index (χ1n) is 5.33. The Morgan fingerprint density at radius 3 is 2.33 bits per heavy atom. The van der Waals surface area contributed by atoms with Gasteiger partial charge in [-0.15, -0.1) is 0 Å². The van der Waals surface area contributed by atoms with Crippen LogP contribution in [0, 0.1) is 0 Å². The lowest BCUT2D eigenvalue weighted by Gasteiger charge is -2.09. The third kappa shape index (κ3) is 1.96. The van der Waals surface area contributed by atoms with E-state index in [-0.39, 0.29) is 11.3 Å². The Kier molecular flexibility index (Phi) is 2.62. The Morgan fingerprint density at radius 2 is 1.73 bits per heavy atom. The molecule has 1 amide bonds. The van der Waals surface area contributed by atoms with Crippen LogP contribution in [0.1, 0.15) is 40.7 Å². The smallest absolute Gasteiger partial charge is 0.252 e. The molecular weight excluding hydrogens is 190 g/mol. The van der Waals surface area contributed by atoms with Crippen LogP contribution in [0.2, 0.25) is 0 Å². The normalized spacial score (nSPS) is 15.5. The van der Waals surface area contributed by atoms with Crippen LogP contribution in [0.25, 0.3) is 0 Å². The van der Waals surface area contributed by atoms with E-state index in [9.17, 15) is 9.90 Å². The van der Waals surface area contributed by atoms with Crippen LogP contribution in [-0.2, 0) is 12.8 Å². The molecule has 80 valence electrons. The highest BCUT2D eigenvalue weighted by Gasteiger charge is 2.14. The van der Waals surface area contributed by atoms with Crippen molar-refractivity contribution in [2.45, 2.75) is 32.1 Å². The molecule has 0 saturated carbocycles. The van der Waals surface area contributed by atoms with Crippen LogP contribution in [0.15, 0.2) is 12.1 Å². The summed E-state index contributed by atoms with van der Waals surface area (Å²) >= 11 is 0. The molecule has 3 N–H and O–H groups in total. The van der Waals surface area contributed by atoms with Gasteiger partial charge in [-0.2, -0.15) is 0 Å². The fourth-order valence-electron chi connectivity index (χ4n) is 2.15. The number of carbonyl (C=O) groups excluding carboxylic acids is 1. The maximum atomic E-state index is 11.1. The number of hydrogen-bond donors (Lipinski definition) is 2. The molecule has 3 heteroatoms. The second kappa shape index (κ2) is 3.93. The number of aromatic hydroxyl groups is 1. The number of hydrogen-bond acceptors (Lipinski definition) is 2. The predicted molar refractivity (Wildman–Crippen MR) is 57.9 cm³/mol. The van der Waals surface area contributed by atoms with Gasteiger partial charge in [-0.3, -0.25) is 4.79 Å². The van der Waals surface area contributed by atoms with Gasteiger partial charge < -0.3 is 10.8 Å². The zero-order chi connectivity index (χ0) is 10.8. The van der Waals surface area contributed by atoms with Gasteiger partial charge in [0.25, 0.3) is 5.91 Å². The Labute approximate surface area is 88.9 Å². The average Bonchev–Trinajstić information content (AvgIpc) is 2.40. The molecule has 15 heavy (non-hydrogen) atoms. The van der Waals surface area contributed by atoms with Crippen LogP contribution in [0.4, 0.5) is 0 Å². The van der Waals surface area contributed by atoms with Crippen molar-refractivity contribution in [1.82, 2.24) is 0 Å². The number of primary amides is 1. The number of nitrogens with two attached hydrogens (primary N) is 1. The predicted octanol–water partition coefficient (Wildman–Crippen LogP) is 1.76. The highest BCUT2D eigenvalue weighted by molar-refractivity contribution is 5.95. The van der Waals surface area contributed by atoms with Gasteiger partial charge in [-0.1, -0.05) is 6.42 Å². The fraction of sp³-hybridized carbons (Fsp3) is 0.417. The molecule has 3 nitrogen and oxygen atoms in total. The van der Waals surface area contributed by atoms with E-state index < -0.39 is 5.91 Å². The number of amides is 1. The van der Waals surface area contributed by atoms with Gasteiger partial charge in [0.15, 0.2) is 0 Å². The summed E-state index contributed by atoms with van der Waals surface area (Å²) in [6, 6.07) is 3.44. The molecule has 0 aliphatic heterocycles. The number of benzene rings is 1. The third-order valence-electron chi connectivity index (χ3n) is 2.98. The van der Waals surface area contributed by atoms with Crippen molar-refractivity contribution < 1.29 is 9.90 Å². The van der Waals surface area contributed by atoms with Crippen LogP contribution in [-0.4, -0.2) is 11.0 Å². The zero-order valence-electron chi connectivity index (χ0n) is 8.62. The molecule has 0 fully saturated rings. The Morgan fingerprint density at radius 1 is 1.13 bits per heavy atom. The summed E-state index contributed by atoms with van der Waals surface area (Å²) in [5.41, 5.74) is 7.76. The number of rotatable bonds is 1. The average molecular weight is 205 g/mol. The highest BCUT2D eigenvalue weighted by atomic mass is 16.3. The number of carbonyl (C=O) groups is 1.